The van der Waals surface area contributed by atoms with E-state index in [0.717, 1.165) is 22.4 Å². The van der Waals surface area contributed by atoms with Crippen molar-refractivity contribution in [3.63, 3.8) is 0 Å². The maximum absolute atomic E-state index is 13.3. The number of hydrogen-bond acceptors (Lipinski definition) is 4. The third-order valence-electron chi connectivity index (χ3n) is 4.99. The lowest BCUT2D eigenvalue weighted by Gasteiger charge is -2.26. The highest BCUT2D eigenvalue weighted by molar-refractivity contribution is 7.10. The zero-order valence-electron chi connectivity index (χ0n) is 15.6. The lowest BCUT2D eigenvalue weighted by Crippen LogP contribution is -2.34. The predicted octanol–water partition coefficient (Wildman–Crippen LogP) is 4.20. The molecule has 1 aliphatic rings. The van der Waals surface area contributed by atoms with Gasteiger partial charge in [-0.2, -0.15) is 0 Å². The van der Waals surface area contributed by atoms with Gasteiger partial charge in [-0.05, 0) is 46.7 Å². The molecule has 4 rings (SSSR count). The molecule has 4 nitrogen and oxygen atoms in total. The predicted molar refractivity (Wildman–Crippen MR) is 110 cm³/mol. The summed E-state index contributed by atoms with van der Waals surface area (Å²) in [5.74, 6) is -0.0613. The van der Waals surface area contributed by atoms with Crippen molar-refractivity contribution in [1.29, 1.82) is 0 Å². The molecule has 0 aliphatic carbocycles. The van der Waals surface area contributed by atoms with E-state index in [9.17, 15) is 9.90 Å². The van der Waals surface area contributed by atoms with Crippen LogP contribution in [0.3, 0.4) is 0 Å². The maximum atomic E-state index is 13.3. The van der Waals surface area contributed by atoms with Crippen molar-refractivity contribution >= 4 is 17.2 Å². The van der Waals surface area contributed by atoms with E-state index in [-0.39, 0.29) is 12.5 Å². The van der Waals surface area contributed by atoms with Crippen LogP contribution >= 0.6 is 11.3 Å². The number of nitrogens with zero attached hydrogens (tertiary/aromatic N) is 1. The van der Waals surface area contributed by atoms with Crippen LogP contribution in [0.1, 0.15) is 38.0 Å². The molecule has 0 bridgehead atoms. The molecule has 0 saturated heterocycles. The SMILES string of the molecule is O=C(c1ccc2c(c1)CCOC2)N(Cc1ccccc1)CC(O)c1cccs1. The molecule has 144 valence electrons. The van der Waals surface area contributed by atoms with Crippen LogP contribution in [0.5, 0.6) is 0 Å². The first-order chi connectivity index (χ1) is 13.7. The molecule has 1 unspecified atom stereocenters. The Morgan fingerprint density at radius 1 is 1.11 bits per heavy atom. The summed E-state index contributed by atoms with van der Waals surface area (Å²) in [5.41, 5.74) is 4.03. The fourth-order valence-corrected chi connectivity index (χ4v) is 4.19. The smallest absolute Gasteiger partial charge is 0.254 e. The van der Waals surface area contributed by atoms with Gasteiger partial charge < -0.3 is 14.7 Å². The lowest BCUT2D eigenvalue weighted by molar-refractivity contribution is 0.0608. The van der Waals surface area contributed by atoms with Crippen LogP contribution in [0.15, 0.2) is 66.0 Å². The molecule has 28 heavy (non-hydrogen) atoms. The number of amides is 1. The molecule has 5 heteroatoms. The number of fused-ring (bicyclic) bond motifs is 1. The molecule has 1 atom stereocenters. The van der Waals surface area contributed by atoms with Gasteiger partial charge in [-0.15, -0.1) is 11.3 Å². The molecule has 0 saturated carbocycles. The second kappa shape index (κ2) is 8.69. The van der Waals surface area contributed by atoms with Crippen molar-refractivity contribution in [2.45, 2.75) is 25.7 Å². The molecule has 1 aromatic heterocycles. The first-order valence-corrected chi connectivity index (χ1v) is 10.3. The maximum Gasteiger partial charge on any atom is 0.254 e. The van der Waals surface area contributed by atoms with Gasteiger partial charge in [0.25, 0.3) is 5.91 Å². The van der Waals surface area contributed by atoms with Crippen LogP contribution in [0.2, 0.25) is 0 Å². The van der Waals surface area contributed by atoms with E-state index in [1.807, 2.05) is 66.0 Å². The third kappa shape index (κ3) is 4.33. The summed E-state index contributed by atoms with van der Waals surface area (Å²) in [4.78, 5) is 15.9. The number of rotatable bonds is 6. The zero-order valence-corrected chi connectivity index (χ0v) is 16.4. The molecule has 2 aromatic carbocycles. The van der Waals surface area contributed by atoms with E-state index in [1.165, 1.54) is 16.9 Å². The molecule has 1 aliphatic heterocycles. The van der Waals surface area contributed by atoms with Crippen molar-refractivity contribution in [3.05, 3.63) is 93.2 Å². The number of carbonyl (C=O) groups is 1. The molecule has 1 N–H and O–H groups in total. The van der Waals surface area contributed by atoms with E-state index in [2.05, 4.69) is 0 Å². The van der Waals surface area contributed by atoms with E-state index < -0.39 is 6.10 Å². The Bertz CT molecular complexity index is 924. The fraction of sp³-hybridized carbons (Fsp3) is 0.261. The van der Waals surface area contributed by atoms with Gasteiger partial charge in [0.05, 0.1) is 19.8 Å². The van der Waals surface area contributed by atoms with Gasteiger partial charge in [-0.1, -0.05) is 42.5 Å². The Labute approximate surface area is 169 Å². The summed E-state index contributed by atoms with van der Waals surface area (Å²) in [6, 6.07) is 19.5. The average Bonchev–Trinajstić information content (AvgIpc) is 3.28. The van der Waals surface area contributed by atoms with Crippen LogP contribution < -0.4 is 0 Å². The van der Waals surface area contributed by atoms with Gasteiger partial charge in [0.15, 0.2) is 0 Å². The van der Waals surface area contributed by atoms with E-state index >= 15 is 0 Å². The number of carbonyl (C=O) groups excluding carboxylic acids is 1. The minimum atomic E-state index is -0.696. The van der Waals surface area contributed by atoms with E-state index in [4.69, 9.17) is 4.74 Å². The summed E-state index contributed by atoms with van der Waals surface area (Å²) >= 11 is 1.50. The average molecular weight is 394 g/mol. The highest BCUT2D eigenvalue weighted by Crippen LogP contribution is 2.23. The minimum absolute atomic E-state index is 0.0613. The van der Waals surface area contributed by atoms with Crippen molar-refractivity contribution in [2.75, 3.05) is 13.2 Å². The second-order valence-electron chi connectivity index (χ2n) is 6.99. The highest BCUT2D eigenvalue weighted by Gasteiger charge is 2.22. The molecular weight excluding hydrogens is 370 g/mol. The summed E-state index contributed by atoms with van der Waals surface area (Å²) in [6.45, 7) is 2.01. The van der Waals surface area contributed by atoms with Crippen molar-refractivity contribution in [1.82, 2.24) is 4.90 Å². The highest BCUT2D eigenvalue weighted by atomic mass is 32.1. The Balaban J connectivity index is 1.59. The number of thiophene rings is 1. The van der Waals surface area contributed by atoms with Gasteiger partial charge in [0, 0.05) is 17.0 Å². The van der Waals surface area contributed by atoms with Gasteiger partial charge >= 0.3 is 0 Å². The first kappa shape index (κ1) is 18.9. The summed E-state index contributed by atoms with van der Waals surface area (Å²) in [7, 11) is 0. The number of benzene rings is 2. The van der Waals surface area contributed by atoms with Gasteiger partial charge in [-0.3, -0.25) is 4.79 Å². The van der Waals surface area contributed by atoms with E-state index in [1.54, 1.807) is 4.90 Å². The van der Waals surface area contributed by atoms with Gasteiger partial charge in [-0.25, -0.2) is 0 Å². The van der Waals surface area contributed by atoms with Crippen molar-refractivity contribution in [3.8, 4) is 0 Å². The van der Waals surface area contributed by atoms with Crippen LogP contribution in [-0.2, 0) is 24.3 Å². The van der Waals surface area contributed by atoms with Crippen LogP contribution in [-0.4, -0.2) is 29.1 Å². The summed E-state index contributed by atoms with van der Waals surface area (Å²) < 4.78 is 5.49. The third-order valence-corrected chi connectivity index (χ3v) is 5.97. The normalized spacial score (nSPS) is 14.3. The largest absolute Gasteiger partial charge is 0.386 e. The standard InChI is InChI=1S/C23H23NO3S/c25-21(22-7-4-12-28-22)15-24(14-17-5-2-1-3-6-17)23(26)19-8-9-20-16-27-11-10-18(20)13-19/h1-9,12-13,21,25H,10-11,14-16H2. The molecule has 0 spiro atoms. The molecule has 3 aromatic rings. The number of aliphatic hydroxyl groups is 1. The Morgan fingerprint density at radius 3 is 2.75 bits per heavy atom. The van der Waals surface area contributed by atoms with Crippen LogP contribution in [0.4, 0.5) is 0 Å². The molecular formula is C23H23NO3S. The topological polar surface area (TPSA) is 49.8 Å². The second-order valence-corrected chi connectivity index (χ2v) is 7.97. The zero-order chi connectivity index (χ0) is 19.3. The summed E-state index contributed by atoms with van der Waals surface area (Å²) in [5, 5.41) is 12.6. The quantitative estimate of drug-likeness (QED) is 0.683. The van der Waals surface area contributed by atoms with Gasteiger partial charge in [0.2, 0.25) is 0 Å². The van der Waals surface area contributed by atoms with Crippen molar-refractivity contribution in [2.24, 2.45) is 0 Å². The number of ether oxygens (including phenoxy) is 1. The molecule has 1 amide bonds. The molecule has 0 radical (unpaired) electrons. The molecule has 0 fully saturated rings. The van der Waals surface area contributed by atoms with Gasteiger partial charge in [0.1, 0.15) is 6.10 Å². The molecule has 2 heterocycles. The number of aliphatic hydroxyl groups excluding tert-OH is 1. The lowest BCUT2D eigenvalue weighted by atomic mass is 9.99. The van der Waals surface area contributed by atoms with Crippen molar-refractivity contribution < 1.29 is 14.6 Å². The minimum Gasteiger partial charge on any atom is -0.386 e. The first-order valence-electron chi connectivity index (χ1n) is 9.45. The van der Waals surface area contributed by atoms with E-state index in [0.29, 0.717) is 25.3 Å². The fourth-order valence-electron chi connectivity index (χ4n) is 3.48. The monoisotopic (exact) mass is 393 g/mol. The van der Waals surface area contributed by atoms with Crippen LogP contribution in [0.25, 0.3) is 0 Å². The number of hydrogen-bond donors (Lipinski definition) is 1. The Kier molecular flexibility index (Phi) is 5.86. The Hall–Kier alpha value is -2.47. The summed E-state index contributed by atoms with van der Waals surface area (Å²) in [6.07, 6.45) is 0.131. The Morgan fingerprint density at radius 2 is 1.96 bits per heavy atom. The van der Waals surface area contributed by atoms with Crippen LogP contribution in [0, 0.1) is 0 Å².